The molecule has 0 bridgehead atoms. The molecule has 0 aromatic heterocycles. The van der Waals surface area contributed by atoms with Crippen LogP contribution in [-0.2, 0) is 15.3 Å². The summed E-state index contributed by atoms with van der Waals surface area (Å²) in [5, 5.41) is 10.5. The summed E-state index contributed by atoms with van der Waals surface area (Å²) in [6.07, 6.45) is 5.24. The van der Waals surface area contributed by atoms with Crippen LogP contribution in [0.15, 0.2) is 17.0 Å². The molecular formula is C27H40N2O4S. The lowest BCUT2D eigenvalue weighted by Crippen LogP contribution is -2.60. The quantitative estimate of drug-likeness (QED) is 0.645. The number of phenolic OH excluding ortho intramolecular Hbond substituents is 1. The molecule has 1 amide bonds. The van der Waals surface area contributed by atoms with Crippen molar-refractivity contribution >= 4 is 15.7 Å². The van der Waals surface area contributed by atoms with Crippen molar-refractivity contribution in [2.75, 3.05) is 39.0 Å². The van der Waals surface area contributed by atoms with E-state index in [-0.39, 0.29) is 39.1 Å². The van der Waals surface area contributed by atoms with Gasteiger partial charge in [-0.25, -0.2) is 8.42 Å². The Morgan fingerprint density at radius 2 is 1.68 bits per heavy atom. The lowest BCUT2D eigenvalue weighted by atomic mass is 9.42. The minimum Gasteiger partial charge on any atom is -0.508 e. The number of hydrogen-bond acceptors (Lipinski definition) is 5. The van der Waals surface area contributed by atoms with Gasteiger partial charge < -0.3 is 14.9 Å². The van der Waals surface area contributed by atoms with Crippen LogP contribution in [0.1, 0.15) is 75.7 Å². The fourth-order valence-corrected chi connectivity index (χ4v) is 10.7. The van der Waals surface area contributed by atoms with E-state index in [1.807, 2.05) is 11.9 Å². The van der Waals surface area contributed by atoms with Crippen molar-refractivity contribution in [1.29, 1.82) is 0 Å². The predicted octanol–water partition coefficient (Wildman–Crippen LogP) is 4.07. The van der Waals surface area contributed by atoms with Gasteiger partial charge in [0, 0.05) is 31.7 Å². The van der Waals surface area contributed by atoms with E-state index in [4.69, 9.17) is 0 Å². The summed E-state index contributed by atoms with van der Waals surface area (Å²) >= 11 is 0. The monoisotopic (exact) mass is 488 g/mol. The zero-order valence-corrected chi connectivity index (χ0v) is 22.2. The van der Waals surface area contributed by atoms with Gasteiger partial charge in [0.25, 0.3) is 5.91 Å². The molecule has 2 aliphatic heterocycles. The number of piperazine rings is 1. The highest BCUT2D eigenvalue weighted by Gasteiger charge is 2.62. The Kier molecular flexibility index (Phi) is 5.46. The minimum atomic E-state index is -3.63. The van der Waals surface area contributed by atoms with Crippen LogP contribution < -0.4 is 0 Å². The highest BCUT2D eigenvalue weighted by molar-refractivity contribution is 7.91. The van der Waals surface area contributed by atoms with Crippen molar-refractivity contribution in [3.05, 3.63) is 23.3 Å². The van der Waals surface area contributed by atoms with E-state index in [0.717, 1.165) is 38.8 Å². The number of sulfone groups is 1. The smallest absolute Gasteiger partial charge is 0.254 e. The number of aromatic hydroxyl groups is 1. The molecule has 5 rings (SSSR count). The van der Waals surface area contributed by atoms with Crippen LogP contribution in [0.4, 0.5) is 0 Å². The van der Waals surface area contributed by atoms with Crippen molar-refractivity contribution in [3.63, 3.8) is 0 Å². The first-order valence-corrected chi connectivity index (χ1v) is 14.5. The van der Waals surface area contributed by atoms with Gasteiger partial charge in [-0.3, -0.25) is 4.79 Å². The third kappa shape index (κ3) is 3.44. The standard InChI is InChI=1S/C27H40N2O4S/c1-25(2)8-6-9-26(3)21(25)7-10-27(4)22(26)17-34(32,33)20-16-18(30)15-19(23(20)27)24(31)29-13-11-28(5)12-14-29/h15-16,21-22,30H,6-14,17H2,1-5H3. The largest absolute Gasteiger partial charge is 0.508 e. The van der Waals surface area contributed by atoms with Gasteiger partial charge in [0.15, 0.2) is 9.84 Å². The number of carbonyl (C=O) groups excluding carboxylic acids is 1. The summed E-state index contributed by atoms with van der Waals surface area (Å²) in [4.78, 5) is 18.0. The van der Waals surface area contributed by atoms with Gasteiger partial charge in [-0.1, -0.05) is 34.1 Å². The fraction of sp³-hybridized carbons (Fsp3) is 0.741. The maximum absolute atomic E-state index is 13.8. The SMILES string of the molecule is CN1CCN(C(=O)c2cc(O)cc3c2C2(C)CCC4C(C)(C)CCCC4(C)C2CS3(=O)=O)CC1. The number of amides is 1. The number of hydrogen-bond donors (Lipinski definition) is 1. The second-order valence-electron chi connectivity index (χ2n) is 12.7. The van der Waals surface area contributed by atoms with Gasteiger partial charge in [-0.05, 0) is 78.5 Å². The Morgan fingerprint density at radius 1 is 1.00 bits per heavy atom. The molecule has 1 N–H and O–H groups in total. The molecule has 34 heavy (non-hydrogen) atoms. The van der Waals surface area contributed by atoms with Crippen molar-refractivity contribution in [2.24, 2.45) is 22.7 Å². The average Bonchev–Trinajstić information content (AvgIpc) is 2.74. The van der Waals surface area contributed by atoms with E-state index in [1.165, 1.54) is 18.6 Å². The maximum Gasteiger partial charge on any atom is 0.254 e. The Morgan fingerprint density at radius 3 is 2.35 bits per heavy atom. The molecule has 2 heterocycles. The summed E-state index contributed by atoms with van der Waals surface area (Å²) in [5.41, 5.74) is 0.753. The molecule has 0 radical (unpaired) electrons. The molecule has 2 aliphatic carbocycles. The fourth-order valence-electron chi connectivity index (χ4n) is 8.42. The zero-order valence-electron chi connectivity index (χ0n) is 21.4. The molecule has 7 heteroatoms. The normalized spacial score (nSPS) is 36.8. The lowest BCUT2D eigenvalue weighted by molar-refractivity contribution is -0.0982. The molecule has 1 saturated heterocycles. The third-order valence-electron chi connectivity index (χ3n) is 10.2. The van der Waals surface area contributed by atoms with Crippen molar-refractivity contribution < 1.29 is 18.3 Å². The van der Waals surface area contributed by atoms with Crippen LogP contribution in [0.25, 0.3) is 0 Å². The first-order chi connectivity index (χ1) is 15.8. The molecule has 1 aromatic carbocycles. The van der Waals surface area contributed by atoms with Crippen LogP contribution in [0.5, 0.6) is 5.75 Å². The summed E-state index contributed by atoms with van der Waals surface area (Å²) in [6, 6.07) is 2.92. The topological polar surface area (TPSA) is 77.9 Å². The first-order valence-electron chi connectivity index (χ1n) is 12.9. The van der Waals surface area contributed by atoms with Crippen LogP contribution in [0.3, 0.4) is 0 Å². The highest BCUT2D eigenvalue weighted by atomic mass is 32.2. The second-order valence-corrected chi connectivity index (χ2v) is 14.7. The van der Waals surface area contributed by atoms with Crippen LogP contribution in [-0.4, -0.2) is 68.2 Å². The van der Waals surface area contributed by atoms with Gasteiger partial charge in [0.05, 0.1) is 10.6 Å². The van der Waals surface area contributed by atoms with Crippen LogP contribution in [0.2, 0.25) is 0 Å². The molecule has 0 spiro atoms. The van der Waals surface area contributed by atoms with Gasteiger partial charge >= 0.3 is 0 Å². The Labute approximate surface area is 204 Å². The number of phenols is 1. The van der Waals surface area contributed by atoms with E-state index >= 15 is 0 Å². The molecule has 4 aliphatic rings. The van der Waals surface area contributed by atoms with Gasteiger partial charge in [-0.15, -0.1) is 0 Å². The number of carbonyl (C=O) groups is 1. The van der Waals surface area contributed by atoms with Gasteiger partial charge in [-0.2, -0.15) is 0 Å². The van der Waals surface area contributed by atoms with E-state index in [9.17, 15) is 18.3 Å². The predicted molar refractivity (Wildman–Crippen MR) is 133 cm³/mol. The Balaban J connectivity index is 1.67. The number of nitrogens with zero attached hydrogens (tertiary/aromatic N) is 2. The second kappa shape index (κ2) is 7.70. The molecule has 188 valence electrons. The number of fused-ring (bicyclic) bond motifs is 5. The van der Waals surface area contributed by atoms with E-state index < -0.39 is 15.3 Å². The zero-order chi connectivity index (χ0) is 24.7. The van der Waals surface area contributed by atoms with Crippen molar-refractivity contribution in [3.8, 4) is 5.75 Å². The van der Waals surface area contributed by atoms with Gasteiger partial charge in [0.1, 0.15) is 5.75 Å². The molecule has 1 aromatic rings. The molecule has 4 atom stereocenters. The number of likely N-dealkylation sites (N-methyl/N-ethyl adjacent to an activating group) is 1. The first kappa shape index (κ1) is 24.1. The average molecular weight is 489 g/mol. The Hall–Kier alpha value is -1.60. The van der Waals surface area contributed by atoms with Gasteiger partial charge in [0.2, 0.25) is 0 Å². The van der Waals surface area contributed by atoms with E-state index in [0.29, 0.717) is 30.1 Å². The minimum absolute atomic E-state index is 0.0422. The number of benzene rings is 1. The molecular weight excluding hydrogens is 448 g/mol. The highest BCUT2D eigenvalue weighted by Crippen LogP contribution is 2.67. The molecule has 6 nitrogen and oxygen atoms in total. The third-order valence-corrected chi connectivity index (χ3v) is 12.0. The molecule has 2 saturated carbocycles. The van der Waals surface area contributed by atoms with Crippen molar-refractivity contribution in [1.82, 2.24) is 9.80 Å². The lowest BCUT2D eigenvalue weighted by Gasteiger charge is -2.64. The van der Waals surface area contributed by atoms with E-state index in [1.54, 1.807) is 0 Å². The van der Waals surface area contributed by atoms with Crippen LogP contribution in [0, 0.1) is 22.7 Å². The van der Waals surface area contributed by atoms with Crippen molar-refractivity contribution in [2.45, 2.75) is 70.1 Å². The summed E-state index contributed by atoms with van der Waals surface area (Å²) in [5.74, 6) is 0.247. The molecule has 3 fully saturated rings. The number of rotatable bonds is 1. The molecule has 4 unspecified atom stereocenters. The Bertz CT molecular complexity index is 1120. The van der Waals surface area contributed by atoms with E-state index in [2.05, 4.69) is 32.6 Å². The van der Waals surface area contributed by atoms with Crippen LogP contribution >= 0.6 is 0 Å². The maximum atomic E-state index is 13.8. The summed E-state index contributed by atoms with van der Waals surface area (Å²) in [7, 11) is -1.59. The summed E-state index contributed by atoms with van der Waals surface area (Å²) in [6.45, 7) is 12.0. The summed E-state index contributed by atoms with van der Waals surface area (Å²) < 4.78 is 27.5.